The molecule has 0 saturated heterocycles. The van der Waals surface area contributed by atoms with Gasteiger partial charge in [0.1, 0.15) is 5.54 Å². The fourth-order valence-corrected chi connectivity index (χ4v) is 2.66. The third-order valence-corrected chi connectivity index (χ3v) is 4.39. The van der Waals surface area contributed by atoms with Gasteiger partial charge in [0.05, 0.1) is 6.61 Å². The molecule has 4 nitrogen and oxygen atoms in total. The van der Waals surface area contributed by atoms with E-state index in [4.69, 9.17) is 10.5 Å². The Hall–Kier alpha value is -0.610. The van der Waals surface area contributed by atoms with Gasteiger partial charge in [-0.2, -0.15) is 0 Å². The number of carbonyl (C=O) groups is 1. The van der Waals surface area contributed by atoms with E-state index in [1.807, 2.05) is 6.92 Å². The van der Waals surface area contributed by atoms with Crippen molar-refractivity contribution in [3.8, 4) is 0 Å². The van der Waals surface area contributed by atoms with Gasteiger partial charge in [-0.25, -0.2) is 0 Å². The van der Waals surface area contributed by atoms with Crippen molar-refractivity contribution in [3.05, 3.63) is 0 Å². The van der Waals surface area contributed by atoms with Gasteiger partial charge < -0.3 is 15.4 Å². The molecule has 106 valence electrons. The quantitative estimate of drug-likeness (QED) is 0.762. The highest BCUT2D eigenvalue weighted by Crippen LogP contribution is 2.33. The van der Waals surface area contributed by atoms with E-state index in [1.165, 1.54) is 0 Å². The highest BCUT2D eigenvalue weighted by molar-refractivity contribution is 5.81. The lowest BCUT2D eigenvalue weighted by Crippen LogP contribution is -2.49. The van der Waals surface area contributed by atoms with Crippen LogP contribution in [0.5, 0.6) is 0 Å². The summed E-state index contributed by atoms with van der Waals surface area (Å²) in [6.07, 6.45) is 2.41. The SMILES string of the molecule is CCOC(=O)C1(N)CCC(N(C)C(C)C(C)C)C1. The summed E-state index contributed by atoms with van der Waals surface area (Å²) in [6, 6.07) is 0.886. The Morgan fingerprint density at radius 2 is 2.11 bits per heavy atom. The van der Waals surface area contributed by atoms with Crippen LogP contribution in [0.1, 0.15) is 47.0 Å². The lowest BCUT2D eigenvalue weighted by atomic mass is 9.98. The summed E-state index contributed by atoms with van der Waals surface area (Å²) in [6.45, 7) is 8.89. The summed E-state index contributed by atoms with van der Waals surface area (Å²) < 4.78 is 5.08. The number of nitrogens with two attached hydrogens (primary N) is 1. The van der Waals surface area contributed by atoms with E-state index >= 15 is 0 Å². The summed E-state index contributed by atoms with van der Waals surface area (Å²) in [4.78, 5) is 14.2. The van der Waals surface area contributed by atoms with Crippen LogP contribution in [0.15, 0.2) is 0 Å². The van der Waals surface area contributed by atoms with Crippen LogP contribution in [0.3, 0.4) is 0 Å². The highest BCUT2D eigenvalue weighted by Gasteiger charge is 2.45. The molecule has 3 unspecified atom stereocenters. The molecule has 0 aromatic rings. The van der Waals surface area contributed by atoms with E-state index in [9.17, 15) is 4.79 Å². The molecule has 0 aromatic heterocycles. The van der Waals surface area contributed by atoms with Gasteiger partial charge in [0.2, 0.25) is 0 Å². The Morgan fingerprint density at radius 3 is 2.61 bits per heavy atom. The molecule has 2 N–H and O–H groups in total. The molecule has 0 aromatic carbocycles. The van der Waals surface area contributed by atoms with Crippen molar-refractivity contribution in [2.45, 2.75) is 64.6 Å². The van der Waals surface area contributed by atoms with E-state index in [0.717, 1.165) is 12.8 Å². The van der Waals surface area contributed by atoms with Crippen molar-refractivity contribution in [2.75, 3.05) is 13.7 Å². The molecule has 0 aliphatic heterocycles. The molecule has 1 fully saturated rings. The van der Waals surface area contributed by atoms with Gasteiger partial charge in [-0.05, 0) is 46.1 Å². The minimum absolute atomic E-state index is 0.238. The van der Waals surface area contributed by atoms with Crippen LogP contribution in [0.25, 0.3) is 0 Å². The van der Waals surface area contributed by atoms with E-state index in [0.29, 0.717) is 31.0 Å². The summed E-state index contributed by atoms with van der Waals surface area (Å²) in [7, 11) is 2.13. The third kappa shape index (κ3) is 3.23. The molecule has 0 heterocycles. The van der Waals surface area contributed by atoms with E-state index in [-0.39, 0.29) is 5.97 Å². The Kier molecular flexibility index (Phi) is 5.17. The molecule has 18 heavy (non-hydrogen) atoms. The monoisotopic (exact) mass is 256 g/mol. The lowest BCUT2D eigenvalue weighted by molar-refractivity contribution is -0.149. The van der Waals surface area contributed by atoms with Gasteiger partial charge in [0, 0.05) is 12.1 Å². The average Bonchev–Trinajstić information content (AvgIpc) is 2.71. The van der Waals surface area contributed by atoms with Gasteiger partial charge in [0.15, 0.2) is 0 Å². The van der Waals surface area contributed by atoms with E-state index in [1.54, 1.807) is 0 Å². The molecule has 0 amide bonds. The molecule has 1 rings (SSSR count). The smallest absolute Gasteiger partial charge is 0.326 e. The van der Waals surface area contributed by atoms with Crippen molar-refractivity contribution in [3.63, 3.8) is 0 Å². The average molecular weight is 256 g/mol. The van der Waals surface area contributed by atoms with E-state index in [2.05, 4.69) is 32.7 Å². The number of hydrogen-bond acceptors (Lipinski definition) is 4. The fourth-order valence-electron chi connectivity index (χ4n) is 2.66. The Bertz CT molecular complexity index is 294. The predicted octanol–water partition coefficient (Wildman–Crippen LogP) is 1.78. The summed E-state index contributed by atoms with van der Waals surface area (Å²) in [5, 5.41) is 0. The van der Waals surface area contributed by atoms with Crippen molar-refractivity contribution >= 4 is 5.97 Å². The van der Waals surface area contributed by atoms with Crippen LogP contribution in [0.2, 0.25) is 0 Å². The lowest BCUT2D eigenvalue weighted by Gasteiger charge is -2.34. The molecular weight excluding hydrogens is 228 g/mol. The van der Waals surface area contributed by atoms with Gasteiger partial charge in [0.25, 0.3) is 0 Å². The van der Waals surface area contributed by atoms with Gasteiger partial charge in [-0.15, -0.1) is 0 Å². The van der Waals surface area contributed by atoms with Crippen LogP contribution < -0.4 is 5.73 Å². The number of nitrogens with zero attached hydrogens (tertiary/aromatic N) is 1. The molecule has 3 atom stereocenters. The van der Waals surface area contributed by atoms with Gasteiger partial charge in [-0.1, -0.05) is 13.8 Å². The maximum absolute atomic E-state index is 11.9. The first-order valence-electron chi connectivity index (χ1n) is 7.00. The normalized spacial score (nSPS) is 29.9. The molecule has 0 radical (unpaired) electrons. The third-order valence-electron chi connectivity index (χ3n) is 4.39. The summed E-state index contributed by atoms with van der Waals surface area (Å²) in [5.74, 6) is 0.364. The number of carbonyl (C=O) groups excluding carboxylic acids is 1. The first-order valence-corrected chi connectivity index (χ1v) is 7.00. The maximum Gasteiger partial charge on any atom is 0.326 e. The molecule has 1 saturated carbocycles. The van der Waals surface area contributed by atoms with E-state index < -0.39 is 5.54 Å². The predicted molar refractivity (Wildman–Crippen MR) is 73.3 cm³/mol. The number of ether oxygens (including phenoxy) is 1. The number of esters is 1. The Morgan fingerprint density at radius 1 is 1.50 bits per heavy atom. The molecule has 0 bridgehead atoms. The molecule has 1 aliphatic rings. The van der Waals surface area contributed by atoms with Crippen molar-refractivity contribution in [1.29, 1.82) is 0 Å². The number of rotatable bonds is 5. The van der Waals surface area contributed by atoms with Crippen molar-refractivity contribution < 1.29 is 9.53 Å². The standard InChI is InChI=1S/C14H28N2O2/c1-6-18-13(17)14(15)8-7-12(9-14)16(5)11(4)10(2)3/h10-12H,6-9,15H2,1-5H3. The maximum atomic E-state index is 11.9. The molecular formula is C14H28N2O2. The molecule has 1 aliphatic carbocycles. The second-order valence-corrected chi connectivity index (χ2v) is 5.92. The molecule has 0 spiro atoms. The van der Waals surface area contributed by atoms with Crippen LogP contribution in [0.4, 0.5) is 0 Å². The first-order chi connectivity index (χ1) is 8.31. The zero-order chi connectivity index (χ0) is 13.9. The fraction of sp³-hybridized carbons (Fsp3) is 0.929. The second-order valence-electron chi connectivity index (χ2n) is 5.92. The van der Waals surface area contributed by atoms with Gasteiger partial charge >= 0.3 is 5.97 Å². The second kappa shape index (κ2) is 6.02. The van der Waals surface area contributed by atoms with Gasteiger partial charge in [-0.3, -0.25) is 4.79 Å². The topological polar surface area (TPSA) is 55.6 Å². The largest absolute Gasteiger partial charge is 0.465 e. The zero-order valence-electron chi connectivity index (χ0n) is 12.4. The highest BCUT2D eigenvalue weighted by atomic mass is 16.5. The summed E-state index contributed by atoms with van der Waals surface area (Å²) >= 11 is 0. The van der Waals surface area contributed by atoms with Crippen LogP contribution in [-0.4, -0.2) is 42.1 Å². The van der Waals surface area contributed by atoms with Crippen LogP contribution in [0, 0.1) is 5.92 Å². The Balaban J connectivity index is 2.62. The minimum atomic E-state index is -0.772. The van der Waals surface area contributed by atoms with Crippen LogP contribution >= 0.6 is 0 Å². The Labute approximate surface area is 111 Å². The summed E-state index contributed by atoms with van der Waals surface area (Å²) in [5.41, 5.74) is 5.42. The van der Waals surface area contributed by atoms with Crippen molar-refractivity contribution in [1.82, 2.24) is 4.90 Å². The van der Waals surface area contributed by atoms with Crippen molar-refractivity contribution in [2.24, 2.45) is 11.7 Å². The molecule has 4 heteroatoms. The first kappa shape index (κ1) is 15.4. The zero-order valence-corrected chi connectivity index (χ0v) is 12.4. The number of hydrogen-bond donors (Lipinski definition) is 1. The van der Waals surface area contributed by atoms with Crippen LogP contribution in [-0.2, 0) is 9.53 Å². The minimum Gasteiger partial charge on any atom is -0.465 e.